The van der Waals surface area contributed by atoms with E-state index in [-0.39, 0.29) is 35.9 Å². The molecule has 0 aromatic heterocycles. The minimum Gasteiger partial charge on any atom is -0.466 e. The van der Waals surface area contributed by atoms with Crippen molar-refractivity contribution in [3.63, 3.8) is 0 Å². The highest BCUT2D eigenvalue weighted by Gasteiger charge is 2.28. The van der Waals surface area contributed by atoms with Crippen molar-refractivity contribution < 1.29 is 14.3 Å². The van der Waals surface area contributed by atoms with Crippen molar-refractivity contribution in [3.8, 4) is 0 Å². The highest BCUT2D eigenvalue weighted by molar-refractivity contribution is 14.0. The van der Waals surface area contributed by atoms with Crippen LogP contribution in [0.25, 0.3) is 0 Å². The third-order valence-corrected chi connectivity index (χ3v) is 4.85. The zero-order valence-electron chi connectivity index (χ0n) is 16.4. The number of nitrogens with zero attached hydrogens (tertiary/aromatic N) is 3. The molecule has 0 amide bonds. The fraction of sp³-hybridized carbons (Fsp3) is 0.889. The van der Waals surface area contributed by atoms with E-state index < -0.39 is 0 Å². The number of halogens is 1. The van der Waals surface area contributed by atoms with E-state index in [1.54, 1.807) is 0 Å². The quantitative estimate of drug-likeness (QED) is 0.269. The molecule has 2 aliphatic heterocycles. The number of nitrogens with one attached hydrogen (secondary N) is 1. The summed E-state index contributed by atoms with van der Waals surface area (Å²) in [6.07, 6.45) is 1.89. The number of rotatable bonds is 6. The van der Waals surface area contributed by atoms with Crippen LogP contribution < -0.4 is 5.32 Å². The zero-order chi connectivity index (χ0) is 18.1. The molecular weight excluding hydrogens is 447 g/mol. The summed E-state index contributed by atoms with van der Waals surface area (Å²) in [6.45, 7) is 13.4. The molecule has 0 radical (unpaired) electrons. The Morgan fingerprint density at radius 2 is 2.04 bits per heavy atom. The summed E-state index contributed by atoms with van der Waals surface area (Å²) in [4.78, 5) is 21.6. The topological polar surface area (TPSA) is 66.4 Å². The van der Waals surface area contributed by atoms with Crippen LogP contribution in [0.3, 0.4) is 0 Å². The molecule has 1 N–H and O–H groups in total. The molecule has 7 nitrogen and oxygen atoms in total. The van der Waals surface area contributed by atoms with Crippen molar-refractivity contribution in [2.45, 2.75) is 39.7 Å². The van der Waals surface area contributed by atoms with Crippen LogP contribution in [0.5, 0.6) is 0 Å². The van der Waals surface area contributed by atoms with Crippen molar-refractivity contribution in [1.82, 2.24) is 15.1 Å². The van der Waals surface area contributed by atoms with E-state index in [9.17, 15) is 4.79 Å². The van der Waals surface area contributed by atoms with Gasteiger partial charge < -0.3 is 19.7 Å². The van der Waals surface area contributed by atoms with Gasteiger partial charge in [-0.2, -0.15) is 0 Å². The van der Waals surface area contributed by atoms with Crippen LogP contribution in [0, 0.1) is 5.92 Å². The molecular formula is C18H35IN4O3. The number of esters is 1. The van der Waals surface area contributed by atoms with E-state index in [4.69, 9.17) is 14.5 Å². The molecule has 0 spiro atoms. The lowest BCUT2D eigenvalue weighted by molar-refractivity contribution is -0.149. The molecule has 2 rings (SSSR count). The molecule has 2 saturated heterocycles. The summed E-state index contributed by atoms with van der Waals surface area (Å²) < 4.78 is 10.6. The van der Waals surface area contributed by atoms with Gasteiger partial charge in [0.25, 0.3) is 0 Å². The standard InChI is InChI=1S/C18H34N4O3.HI/c1-4-19-18(20-13-15(3)21-9-11-24-12-10-21)22-8-6-7-16(14-22)17(23)25-5-2;/h15-16H,4-14H2,1-3H3,(H,19,20);1H. The first-order chi connectivity index (χ1) is 12.2. The van der Waals surface area contributed by atoms with E-state index in [0.29, 0.717) is 19.2 Å². The van der Waals surface area contributed by atoms with Crippen LogP contribution in [0.4, 0.5) is 0 Å². The fourth-order valence-electron chi connectivity index (χ4n) is 3.40. The first-order valence-electron chi connectivity index (χ1n) is 9.67. The summed E-state index contributed by atoms with van der Waals surface area (Å²) in [5.74, 6) is 0.788. The lowest BCUT2D eigenvalue weighted by Gasteiger charge is -2.35. The van der Waals surface area contributed by atoms with Gasteiger partial charge in [0.05, 0.1) is 32.3 Å². The van der Waals surface area contributed by atoms with Gasteiger partial charge in [-0.15, -0.1) is 24.0 Å². The Hall–Kier alpha value is -0.610. The van der Waals surface area contributed by atoms with Gasteiger partial charge >= 0.3 is 5.97 Å². The largest absolute Gasteiger partial charge is 0.466 e. The molecule has 0 saturated carbocycles. The average molecular weight is 482 g/mol. The molecule has 2 fully saturated rings. The number of hydrogen-bond donors (Lipinski definition) is 1. The summed E-state index contributed by atoms with van der Waals surface area (Å²) in [5, 5.41) is 3.38. The minimum atomic E-state index is -0.0790. The van der Waals surface area contributed by atoms with Crippen LogP contribution in [-0.4, -0.2) is 86.9 Å². The number of likely N-dealkylation sites (tertiary alicyclic amines) is 1. The monoisotopic (exact) mass is 482 g/mol. The Kier molecular flexibility index (Phi) is 11.5. The molecule has 0 bridgehead atoms. The van der Waals surface area contributed by atoms with E-state index in [1.807, 2.05) is 6.92 Å². The number of guanidine groups is 1. The van der Waals surface area contributed by atoms with Gasteiger partial charge in [0.1, 0.15) is 0 Å². The summed E-state index contributed by atoms with van der Waals surface area (Å²) in [6, 6.07) is 0.392. The van der Waals surface area contributed by atoms with Crippen LogP contribution >= 0.6 is 24.0 Å². The zero-order valence-corrected chi connectivity index (χ0v) is 18.7. The number of hydrogen-bond acceptors (Lipinski definition) is 5. The van der Waals surface area contributed by atoms with Gasteiger partial charge in [-0.3, -0.25) is 14.7 Å². The van der Waals surface area contributed by atoms with Crippen LogP contribution in [0.15, 0.2) is 4.99 Å². The van der Waals surface area contributed by atoms with Gasteiger partial charge in [-0.25, -0.2) is 0 Å². The number of carbonyl (C=O) groups excluding carboxylic acids is 1. The first-order valence-corrected chi connectivity index (χ1v) is 9.67. The van der Waals surface area contributed by atoms with E-state index in [1.165, 1.54) is 0 Å². The second kappa shape index (κ2) is 12.7. The Labute approximate surface area is 174 Å². The predicted molar refractivity (Wildman–Crippen MR) is 114 cm³/mol. The van der Waals surface area contributed by atoms with Gasteiger partial charge in [0.2, 0.25) is 0 Å². The number of carbonyl (C=O) groups is 1. The summed E-state index contributed by atoms with van der Waals surface area (Å²) in [7, 11) is 0. The second-order valence-corrected chi connectivity index (χ2v) is 6.73. The molecule has 2 unspecified atom stereocenters. The molecule has 26 heavy (non-hydrogen) atoms. The fourth-order valence-corrected chi connectivity index (χ4v) is 3.40. The van der Waals surface area contributed by atoms with Gasteiger partial charge in [-0.05, 0) is 33.6 Å². The van der Waals surface area contributed by atoms with E-state index >= 15 is 0 Å². The van der Waals surface area contributed by atoms with Crippen LogP contribution in [0.1, 0.15) is 33.6 Å². The Morgan fingerprint density at radius 3 is 2.69 bits per heavy atom. The molecule has 8 heteroatoms. The molecule has 0 aromatic rings. The van der Waals surface area contributed by atoms with Crippen molar-refractivity contribution >= 4 is 35.9 Å². The Balaban J connectivity index is 0.00000338. The lowest BCUT2D eigenvalue weighted by Crippen LogP contribution is -2.49. The summed E-state index contributed by atoms with van der Waals surface area (Å²) >= 11 is 0. The van der Waals surface area contributed by atoms with E-state index in [0.717, 1.165) is 64.7 Å². The number of piperidine rings is 1. The predicted octanol–water partition coefficient (Wildman–Crippen LogP) is 1.57. The minimum absolute atomic E-state index is 0. The van der Waals surface area contributed by atoms with Gasteiger partial charge in [0, 0.05) is 38.8 Å². The normalized spacial score (nSPS) is 23.1. The third kappa shape index (κ3) is 7.19. The number of ether oxygens (including phenoxy) is 2. The van der Waals surface area contributed by atoms with Crippen molar-refractivity contribution in [2.24, 2.45) is 10.9 Å². The Bertz CT molecular complexity index is 444. The van der Waals surface area contributed by atoms with Crippen molar-refractivity contribution in [1.29, 1.82) is 0 Å². The molecule has 0 aliphatic carbocycles. The summed E-state index contributed by atoms with van der Waals surface area (Å²) in [5.41, 5.74) is 0. The molecule has 2 heterocycles. The molecule has 0 aromatic carbocycles. The van der Waals surface area contributed by atoms with Crippen LogP contribution in [0.2, 0.25) is 0 Å². The van der Waals surface area contributed by atoms with Gasteiger partial charge in [-0.1, -0.05) is 0 Å². The van der Waals surface area contributed by atoms with Crippen molar-refractivity contribution in [3.05, 3.63) is 0 Å². The van der Waals surface area contributed by atoms with Gasteiger partial charge in [0.15, 0.2) is 5.96 Å². The lowest BCUT2D eigenvalue weighted by atomic mass is 9.98. The first kappa shape index (κ1) is 23.4. The third-order valence-electron chi connectivity index (χ3n) is 4.85. The molecule has 2 aliphatic rings. The highest BCUT2D eigenvalue weighted by Crippen LogP contribution is 2.18. The number of aliphatic imine (C=N–C) groups is 1. The van der Waals surface area contributed by atoms with Crippen LogP contribution in [-0.2, 0) is 14.3 Å². The van der Waals surface area contributed by atoms with E-state index in [2.05, 4.69) is 29.0 Å². The average Bonchev–Trinajstić information content (AvgIpc) is 2.66. The maximum Gasteiger partial charge on any atom is 0.310 e. The Morgan fingerprint density at radius 1 is 1.31 bits per heavy atom. The molecule has 152 valence electrons. The smallest absolute Gasteiger partial charge is 0.310 e. The maximum absolute atomic E-state index is 12.1. The molecule has 2 atom stereocenters. The second-order valence-electron chi connectivity index (χ2n) is 6.73. The highest BCUT2D eigenvalue weighted by atomic mass is 127. The van der Waals surface area contributed by atoms with Crippen molar-refractivity contribution in [2.75, 3.05) is 59.1 Å². The maximum atomic E-state index is 12.1. The SMILES string of the molecule is CCNC(=NCC(C)N1CCOCC1)N1CCCC(C(=O)OCC)C1.I. The number of morpholine rings is 1.